The minimum absolute atomic E-state index is 0. The molecule has 0 rings (SSSR count). The van der Waals surface area contributed by atoms with E-state index in [1.165, 1.54) is 0 Å². The van der Waals surface area contributed by atoms with Gasteiger partial charge in [0, 0.05) is 12.3 Å². The van der Waals surface area contributed by atoms with Crippen molar-refractivity contribution >= 4 is 19.9 Å². The van der Waals surface area contributed by atoms with Crippen molar-refractivity contribution in [3.8, 4) is 0 Å². The summed E-state index contributed by atoms with van der Waals surface area (Å²) in [7, 11) is -3.77. The molecule has 0 atom stereocenters. The van der Waals surface area contributed by atoms with Crippen molar-refractivity contribution in [3.05, 3.63) is 0 Å². The van der Waals surface area contributed by atoms with E-state index < -0.39 is 9.15 Å². The van der Waals surface area contributed by atoms with Crippen LogP contribution in [0, 0.1) is 0 Å². The third kappa shape index (κ3) is 12.4. The van der Waals surface area contributed by atoms with Crippen LogP contribution in [0.1, 0.15) is 0 Å². The Kier molecular flexibility index (Phi) is 8.52. The fraction of sp³-hybridized carbons (Fsp3) is 1.00. The molecule has 0 aliphatic carbocycles. The first-order valence-corrected chi connectivity index (χ1v) is 4.77. The van der Waals surface area contributed by atoms with Gasteiger partial charge in [0.15, 0.2) is 0 Å². The molecule has 0 unspecified atom stereocenters. The van der Waals surface area contributed by atoms with Gasteiger partial charge >= 0.3 is 29.6 Å². The van der Waals surface area contributed by atoms with Crippen LogP contribution >= 0.6 is 10.8 Å². The van der Waals surface area contributed by atoms with E-state index in [-0.39, 0.29) is 41.9 Å². The van der Waals surface area contributed by atoms with Gasteiger partial charge in [-0.25, -0.2) is 8.42 Å². The minimum Gasteiger partial charge on any atom is -0.739 e. The first kappa shape index (κ1) is 12.9. The van der Waals surface area contributed by atoms with Gasteiger partial charge in [-0.3, -0.25) is 0 Å². The molecule has 0 fully saturated rings. The second-order valence-electron chi connectivity index (χ2n) is 1.02. The van der Waals surface area contributed by atoms with E-state index in [1.54, 1.807) is 0 Å². The summed E-state index contributed by atoms with van der Waals surface area (Å²) < 4.78 is 29.2. The monoisotopic (exact) mass is 179 g/mol. The Bertz CT molecular complexity index is 144. The molecule has 0 aliphatic rings. The molecular weight excluding hydrogens is 173 g/mol. The van der Waals surface area contributed by atoms with E-state index in [1.807, 2.05) is 0 Å². The maximum atomic E-state index is 9.74. The Hall–Kier alpha value is 1.22. The summed E-state index contributed by atoms with van der Waals surface area (Å²) in [6.07, 6.45) is 0. The summed E-state index contributed by atoms with van der Waals surface area (Å²) in [5.74, 6) is 0.172. The second-order valence-corrected chi connectivity index (χ2v) is 4.41. The summed E-state index contributed by atoms with van der Waals surface area (Å²) >= 11 is 0. The molecule has 0 saturated heterocycles. The van der Waals surface area contributed by atoms with Crippen LogP contribution in [0.3, 0.4) is 0 Å². The van der Waals surface area contributed by atoms with E-state index in [0.29, 0.717) is 10.8 Å². The molecule has 9 heavy (non-hydrogen) atoms. The topological polar surface area (TPSA) is 83.2 Å². The third-order valence-electron chi connectivity index (χ3n) is 0.346. The summed E-state index contributed by atoms with van der Waals surface area (Å²) in [6.45, 7) is 0.214. The Balaban J connectivity index is 0. The summed E-state index contributed by atoms with van der Waals surface area (Å²) in [6, 6.07) is 0. The van der Waals surface area contributed by atoms with Crippen molar-refractivity contribution in [1.82, 2.24) is 0 Å². The predicted octanol–water partition coefficient (Wildman–Crippen LogP) is -3.86. The molecule has 50 valence electrons. The van der Waals surface area contributed by atoms with Crippen LogP contribution in [0.25, 0.3) is 0 Å². The van der Waals surface area contributed by atoms with E-state index in [9.17, 15) is 13.0 Å². The summed E-state index contributed by atoms with van der Waals surface area (Å²) in [5.41, 5.74) is 4.91. The normalized spacial score (nSPS) is 10.4. The molecule has 0 heterocycles. The van der Waals surface area contributed by atoms with Crippen molar-refractivity contribution < 1.29 is 42.5 Å². The Morgan fingerprint density at radius 3 is 2.11 bits per heavy atom. The summed E-state index contributed by atoms with van der Waals surface area (Å²) in [4.78, 5) is 0. The molecule has 0 aliphatic heterocycles. The minimum atomic E-state index is -4.10. The average molecular weight is 179 g/mol. The van der Waals surface area contributed by atoms with Crippen molar-refractivity contribution in [2.75, 3.05) is 12.3 Å². The molecule has 0 aromatic heterocycles. The molecule has 7 heteroatoms. The van der Waals surface area contributed by atoms with Gasteiger partial charge in [-0.05, 0) is 10.8 Å². The van der Waals surface area contributed by atoms with Crippen LogP contribution < -0.4 is 35.3 Å². The summed E-state index contributed by atoms with van der Waals surface area (Å²) in [5, 5.41) is 0. The quantitative estimate of drug-likeness (QED) is 0.272. The van der Waals surface area contributed by atoms with Crippen molar-refractivity contribution in [1.29, 1.82) is 0 Å². The van der Waals surface area contributed by atoms with Crippen LogP contribution in [-0.4, -0.2) is 25.3 Å². The molecule has 0 spiro atoms. The standard InChI is InChI=1S/C2H7NO3S2.Na/c3-1-2-7-8(4,5)6;/h1-3H2,(H,4,5,6);/q;+1/p-1. The van der Waals surface area contributed by atoms with Gasteiger partial charge in [0.25, 0.3) is 0 Å². The zero-order valence-corrected chi connectivity index (χ0v) is 8.67. The van der Waals surface area contributed by atoms with Crippen LogP contribution in [-0.2, 0) is 9.15 Å². The Labute approximate surface area is 80.0 Å². The fourth-order valence-corrected chi connectivity index (χ4v) is 1.35. The first-order chi connectivity index (χ1) is 3.56. The van der Waals surface area contributed by atoms with Gasteiger partial charge in [-0.15, -0.1) is 0 Å². The van der Waals surface area contributed by atoms with Gasteiger partial charge in [0.2, 0.25) is 0 Å². The molecule has 0 radical (unpaired) electrons. The molecule has 0 saturated carbocycles. The number of hydrogen-bond donors (Lipinski definition) is 1. The van der Waals surface area contributed by atoms with Gasteiger partial charge in [0.1, 0.15) is 9.15 Å². The van der Waals surface area contributed by atoms with Crippen molar-refractivity contribution in [3.63, 3.8) is 0 Å². The first-order valence-electron chi connectivity index (χ1n) is 1.86. The molecule has 0 aromatic carbocycles. The smallest absolute Gasteiger partial charge is 0.739 e. The van der Waals surface area contributed by atoms with Crippen LogP contribution in [0.4, 0.5) is 0 Å². The maximum absolute atomic E-state index is 9.74. The maximum Gasteiger partial charge on any atom is 1.00 e. The Morgan fingerprint density at radius 2 is 2.00 bits per heavy atom. The van der Waals surface area contributed by atoms with E-state index >= 15 is 0 Å². The molecular formula is C2H6NNaO3S2. The molecule has 2 N–H and O–H groups in total. The van der Waals surface area contributed by atoms with Gasteiger partial charge < -0.3 is 10.3 Å². The van der Waals surface area contributed by atoms with Crippen molar-refractivity contribution in [2.45, 2.75) is 0 Å². The van der Waals surface area contributed by atoms with Gasteiger partial charge in [-0.1, -0.05) is 0 Å². The molecule has 0 bridgehead atoms. The second kappa shape index (κ2) is 5.96. The molecule has 0 amide bonds. The zero-order valence-electron chi connectivity index (χ0n) is 5.03. The van der Waals surface area contributed by atoms with E-state index in [0.717, 1.165) is 0 Å². The van der Waals surface area contributed by atoms with Crippen LogP contribution in [0.2, 0.25) is 0 Å². The molecule has 4 nitrogen and oxygen atoms in total. The third-order valence-corrected chi connectivity index (χ3v) is 2.40. The number of rotatable bonds is 3. The van der Waals surface area contributed by atoms with E-state index in [4.69, 9.17) is 5.73 Å². The number of hydrogen-bond acceptors (Lipinski definition) is 5. The average Bonchev–Trinajstić information content (AvgIpc) is 1.59. The van der Waals surface area contributed by atoms with Crippen LogP contribution in [0.5, 0.6) is 0 Å². The van der Waals surface area contributed by atoms with Gasteiger partial charge in [-0.2, -0.15) is 0 Å². The predicted molar refractivity (Wildman–Crippen MR) is 31.2 cm³/mol. The fourth-order valence-electron chi connectivity index (χ4n) is 0.150. The van der Waals surface area contributed by atoms with E-state index in [2.05, 4.69) is 0 Å². The van der Waals surface area contributed by atoms with Crippen LogP contribution in [0.15, 0.2) is 0 Å². The molecule has 0 aromatic rings. The zero-order chi connectivity index (χ0) is 6.62. The van der Waals surface area contributed by atoms with Gasteiger partial charge in [0.05, 0.1) is 0 Å². The largest absolute Gasteiger partial charge is 1.00 e. The SMILES string of the molecule is NCCSS(=O)(=O)[O-].[Na+]. The Morgan fingerprint density at radius 1 is 1.56 bits per heavy atom. The number of nitrogens with two attached hydrogens (primary N) is 1. The van der Waals surface area contributed by atoms with Crippen molar-refractivity contribution in [2.24, 2.45) is 5.73 Å².